The molecule has 28 heavy (non-hydrogen) atoms. The van der Waals surface area contributed by atoms with Crippen molar-refractivity contribution in [1.29, 1.82) is 0 Å². The second kappa shape index (κ2) is 8.01. The summed E-state index contributed by atoms with van der Waals surface area (Å²) in [6.45, 7) is 9.30. The van der Waals surface area contributed by atoms with Gasteiger partial charge in [-0.3, -0.25) is 4.79 Å². The number of benzene rings is 1. The molecule has 7 heteroatoms. The summed E-state index contributed by atoms with van der Waals surface area (Å²) >= 11 is 3.04. The third-order valence-electron chi connectivity index (χ3n) is 4.42. The highest BCUT2D eigenvalue weighted by molar-refractivity contribution is 7.99. The van der Waals surface area contributed by atoms with Crippen molar-refractivity contribution in [3.05, 3.63) is 46.6 Å². The molecule has 0 fully saturated rings. The van der Waals surface area contributed by atoms with E-state index >= 15 is 0 Å². The Balaban J connectivity index is 1.88. The normalized spacial score (nSPS) is 11.6. The Hall–Kier alpha value is -2.25. The van der Waals surface area contributed by atoms with Gasteiger partial charge >= 0.3 is 5.97 Å². The largest absolute Gasteiger partial charge is 0.454 e. The molecule has 2 aromatic heterocycles. The SMILES string of the molecule is Cc1sc2ncnc(Sc3ccccc3C(=O)OCC(=O)C(C)(C)C)c2c1C. The van der Waals surface area contributed by atoms with Crippen molar-refractivity contribution in [1.82, 2.24) is 9.97 Å². The molecule has 0 spiro atoms. The van der Waals surface area contributed by atoms with Crippen molar-refractivity contribution in [2.24, 2.45) is 5.41 Å². The summed E-state index contributed by atoms with van der Waals surface area (Å²) in [6, 6.07) is 7.21. The summed E-state index contributed by atoms with van der Waals surface area (Å²) in [6.07, 6.45) is 1.54. The Labute approximate surface area is 172 Å². The molecule has 0 atom stereocenters. The van der Waals surface area contributed by atoms with Crippen molar-refractivity contribution in [3.63, 3.8) is 0 Å². The van der Waals surface area contributed by atoms with Gasteiger partial charge in [0.1, 0.15) is 16.2 Å². The van der Waals surface area contributed by atoms with Crippen LogP contribution in [0.2, 0.25) is 0 Å². The van der Waals surface area contributed by atoms with Crippen LogP contribution in [0.3, 0.4) is 0 Å². The predicted molar refractivity (Wildman–Crippen MR) is 112 cm³/mol. The van der Waals surface area contributed by atoms with Gasteiger partial charge in [-0.1, -0.05) is 44.7 Å². The number of hydrogen-bond donors (Lipinski definition) is 0. The molecule has 0 saturated carbocycles. The van der Waals surface area contributed by atoms with Crippen LogP contribution in [0.5, 0.6) is 0 Å². The Morgan fingerprint density at radius 3 is 2.57 bits per heavy atom. The second-order valence-corrected chi connectivity index (χ2v) is 9.72. The summed E-state index contributed by atoms with van der Waals surface area (Å²) in [5, 5.41) is 1.82. The van der Waals surface area contributed by atoms with Crippen molar-refractivity contribution in [3.8, 4) is 0 Å². The molecule has 1 aromatic carbocycles. The maximum Gasteiger partial charge on any atom is 0.339 e. The van der Waals surface area contributed by atoms with Crippen LogP contribution in [-0.2, 0) is 9.53 Å². The number of thiophene rings is 1. The summed E-state index contributed by atoms with van der Waals surface area (Å²) < 4.78 is 5.28. The molecule has 3 aromatic rings. The van der Waals surface area contributed by atoms with Gasteiger partial charge in [-0.2, -0.15) is 0 Å². The Kier molecular flexibility index (Phi) is 5.86. The van der Waals surface area contributed by atoms with E-state index in [0.29, 0.717) is 5.56 Å². The molecule has 0 aliphatic carbocycles. The number of rotatable bonds is 5. The first-order valence-corrected chi connectivity index (χ1v) is 10.5. The highest BCUT2D eigenvalue weighted by atomic mass is 32.2. The lowest BCUT2D eigenvalue weighted by Gasteiger charge is -2.16. The van der Waals surface area contributed by atoms with E-state index in [0.717, 1.165) is 25.7 Å². The van der Waals surface area contributed by atoms with E-state index < -0.39 is 11.4 Å². The molecule has 146 valence electrons. The van der Waals surface area contributed by atoms with E-state index in [1.165, 1.54) is 16.6 Å². The Bertz CT molecular complexity index is 1050. The topological polar surface area (TPSA) is 69.2 Å². The molecular weight excluding hydrogens is 392 g/mol. The molecule has 0 bridgehead atoms. The molecule has 0 aliphatic rings. The third-order valence-corrected chi connectivity index (χ3v) is 6.61. The summed E-state index contributed by atoms with van der Waals surface area (Å²) in [4.78, 5) is 36.3. The van der Waals surface area contributed by atoms with Crippen molar-refractivity contribution >= 4 is 45.1 Å². The van der Waals surface area contributed by atoms with Crippen LogP contribution in [0.25, 0.3) is 10.2 Å². The Morgan fingerprint density at radius 2 is 1.86 bits per heavy atom. The van der Waals surface area contributed by atoms with Crippen molar-refractivity contribution in [2.45, 2.75) is 44.5 Å². The maximum atomic E-state index is 12.6. The van der Waals surface area contributed by atoms with E-state index in [-0.39, 0.29) is 12.4 Å². The number of ether oxygens (including phenoxy) is 1. The zero-order valence-corrected chi connectivity index (χ0v) is 18.2. The van der Waals surface area contributed by atoms with Crippen molar-refractivity contribution in [2.75, 3.05) is 6.61 Å². The number of esters is 1. The van der Waals surface area contributed by atoms with Gasteiger partial charge < -0.3 is 4.74 Å². The van der Waals surface area contributed by atoms with E-state index in [1.807, 2.05) is 12.1 Å². The van der Waals surface area contributed by atoms with Crippen LogP contribution >= 0.6 is 23.1 Å². The number of hydrogen-bond acceptors (Lipinski definition) is 7. The first kappa shape index (κ1) is 20.5. The van der Waals surface area contributed by atoms with E-state index in [2.05, 4.69) is 23.8 Å². The van der Waals surface area contributed by atoms with Crippen LogP contribution in [0.15, 0.2) is 40.5 Å². The first-order valence-electron chi connectivity index (χ1n) is 8.86. The first-order chi connectivity index (χ1) is 13.2. The van der Waals surface area contributed by atoms with Gasteiger partial charge in [0, 0.05) is 20.6 Å². The van der Waals surface area contributed by atoms with Gasteiger partial charge in [0.05, 0.1) is 5.56 Å². The molecule has 3 rings (SSSR count). The Morgan fingerprint density at radius 1 is 1.14 bits per heavy atom. The zero-order valence-electron chi connectivity index (χ0n) is 16.5. The number of nitrogens with zero attached hydrogens (tertiary/aromatic N) is 2. The predicted octanol–water partition coefficient (Wildman–Crippen LogP) is 5.23. The molecule has 5 nitrogen and oxygen atoms in total. The molecular formula is C21H22N2O3S2. The van der Waals surface area contributed by atoms with E-state index in [1.54, 1.807) is 50.6 Å². The van der Waals surface area contributed by atoms with Crippen molar-refractivity contribution < 1.29 is 14.3 Å². The average molecular weight is 415 g/mol. The smallest absolute Gasteiger partial charge is 0.339 e. The number of aryl methyl sites for hydroxylation is 2. The van der Waals surface area contributed by atoms with Gasteiger partial charge in [0.2, 0.25) is 0 Å². The monoisotopic (exact) mass is 414 g/mol. The molecule has 0 aliphatic heterocycles. The fourth-order valence-corrected chi connectivity index (χ4v) is 4.61. The number of ketones is 1. The van der Waals surface area contributed by atoms with E-state index in [9.17, 15) is 9.59 Å². The summed E-state index contributed by atoms with van der Waals surface area (Å²) in [5.74, 6) is -0.628. The number of fused-ring (bicyclic) bond motifs is 1. The highest BCUT2D eigenvalue weighted by Gasteiger charge is 2.24. The van der Waals surface area contributed by atoms with Crippen LogP contribution < -0.4 is 0 Å². The molecule has 0 saturated heterocycles. The fourth-order valence-electron chi connectivity index (χ4n) is 2.48. The van der Waals surface area contributed by atoms with Crippen LogP contribution in [0, 0.1) is 19.3 Å². The van der Waals surface area contributed by atoms with Crippen LogP contribution in [0.4, 0.5) is 0 Å². The molecule has 0 unspecified atom stereocenters. The van der Waals surface area contributed by atoms with Gasteiger partial charge in [-0.25, -0.2) is 14.8 Å². The van der Waals surface area contributed by atoms with Gasteiger partial charge in [-0.05, 0) is 31.5 Å². The number of aromatic nitrogens is 2. The maximum absolute atomic E-state index is 12.6. The lowest BCUT2D eigenvalue weighted by atomic mass is 9.91. The summed E-state index contributed by atoms with van der Waals surface area (Å²) in [5.41, 5.74) is 1.03. The number of carbonyl (C=O) groups excluding carboxylic acids is 2. The molecule has 0 N–H and O–H groups in total. The quantitative estimate of drug-likeness (QED) is 0.420. The average Bonchev–Trinajstić information content (AvgIpc) is 2.94. The minimum Gasteiger partial charge on any atom is -0.454 e. The molecule has 0 radical (unpaired) electrons. The van der Waals surface area contributed by atoms with Gasteiger partial charge in [-0.15, -0.1) is 11.3 Å². The lowest BCUT2D eigenvalue weighted by Crippen LogP contribution is -2.26. The molecule has 2 heterocycles. The third kappa shape index (κ3) is 4.25. The van der Waals surface area contributed by atoms with Crippen LogP contribution in [-0.4, -0.2) is 28.3 Å². The minimum absolute atomic E-state index is 0.118. The zero-order chi connectivity index (χ0) is 20.5. The summed E-state index contributed by atoms with van der Waals surface area (Å²) in [7, 11) is 0. The van der Waals surface area contributed by atoms with E-state index in [4.69, 9.17) is 4.74 Å². The fraction of sp³-hybridized carbons (Fsp3) is 0.333. The van der Waals surface area contributed by atoms with Gasteiger partial charge in [0.15, 0.2) is 12.4 Å². The number of Topliss-reactive ketones (excluding diaryl/α,β-unsaturated/α-hetero) is 1. The standard InChI is InChI=1S/C21H22N2O3S2/c1-12-13(2)27-18-17(12)19(23-11-22-18)28-15-9-7-6-8-14(15)20(25)26-10-16(24)21(3,4)5/h6-9,11H,10H2,1-5H3. The second-order valence-electron chi connectivity index (χ2n) is 7.49. The minimum atomic E-state index is -0.546. The lowest BCUT2D eigenvalue weighted by molar-refractivity contribution is -0.129. The highest BCUT2D eigenvalue weighted by Crippen LogP contribution is 2.38. The number of carbonyl (C=O) groups is 2. The van der Waals surface area contributed by atoms with Gasteiger partial charge in [0.25, 0.3) is 0 Å². The molecule has 0 amide bonds. The van der Waals surface area contributed by atoms with Crippen LogP contribution in [0.1, 0.15) is 41.6 Å².